The van der Waals surface area contributed by atoms with Gasteiger partial charge in [-0.3, -0.25) is 4.79 Å². The van der Waals surface area contributed by atoms with Gasteiger partial charge in [-0.2, -0.15) is 8.78 Å². The summed E-state index contributed by atoms with van der Waals surface area (Å²) in [5.74, 6) is -3.93. The molecule has 0 fully saturated rings. The Kier molecular flexibility index (Phi) is 7.06. The molecule has 0 unspecified atom stereocenters. The van der Waals surface area contributed by atoms with Crippen LogP contribution in [0.15, 0.2) is 65.6 Å². The minimum Gasteiger partial charge on any atom is -0.454 e. The summed E-state index contributed by atoms with van der Waals surface area (Å²) in [5, 5.41) is 3.43. The second-order valence-corrected chi connectivity index (χ2v) is 9.30. The molecule has 31 heavy (non-hydrogen) atoms. The lowest BCUT2D eigenvalue weighted by Gasteiger charge is -2.14. The number of anilines is 1. The van der Waals surface area contributed by atoms with Crippen molar-refractivity contribution in [3.63, 3.8) is 0 Å². The molecule has 3 rings (SSSR count). The van der Waals surface area contributed by atoms with Gasteiger partial charge in [-0.05, 0) is 54.6 Å². The standard InChI is InChI=1S/C20H12Cl3F2NO4S/c21-12-4-6-17(15(23)9-12)30-18-7-5-13(22)10-16(18)26-19(27)11-2-1-3-14(8-11)31(28,29)20(24)25/h1-10,20H,(H,26,27). The van der Waals surface area contributed by atoms with Gasteiger partial charge in [0, 0.05) is 15.6 Å². The molecule has 0 heterocycles. The van der Waals surface area contributed by atoms with Gasteiger partial charge < -0.3 is 10.1 Å². The van der Waals surface area contributed by atoms with Crippen molar-refractivity contribution >= 4 is 56.2 Å². The van der Waals surface area contributed by atoms with Gasteiger partial charge in [0.25, 0.3) is 5.91 Å². The monoisotopic (exact) mass is 505 g/mol. The maximum Gasteiger partial charge on any atom is 0.341 e. The third-order valence-electron chi connectivity index (χ3n) is 3.96. The Hall–Kier alpha value is -2.39. The van der Waals surface area contributed by atoms with E-state index < -0.39 is 26.4 Å². The van der Waals surface area contributed by atoms with Crippen molar-refractivity contribution in [2.75, 3.05) is 5.32 Å². The average Bonchev–Trinajstić information content (AvgIpc) is 2.71. The second kappa shape index (κ2) is 9.40. The molecule has 0 saturated carbocycles. The van der Waals surface area contributed by atoms with Gasteiger partial charge >= 0.3 is 5.76 Å². The van der Waals surface area contributed by atoms with Crippen LogP contribution in [-0.2, 0) is 9.84 Å². The van der Waals surface area contributed by atoms with Crippen LogP contribution >= 0.6 is 34.8 Å². The Morgan fingerprint density at radius 2 is 1.55 bits per heavy atom. The molecule has 11 heteroatoms. The molecular formula is C20H12Cl3F2NO4S. The minimum absolute atomic E-state index is 0.144. The molecule has 0 aliphatic carbocycles. The van der Waals surface area contributed by atoms with Crippen molar-refractivity contribution in [2.24, 2.45) is 0 Å². The molecule has 0 aliphatic rings. The van der Waals surface area contributed by atoms with E-state index in [0.717, 1.165) is 12.1 Å². The van der Waals surface area contributed by atoms with E-state index in [2.05, 4.69) is 5.32 Å². The number of alkyl halides is 2. The molecule has 0 radical (unpaired) electrons. The highest BCUT2D eigenvalue weighted by atomic mass is 35.5. The number of nitrogens with one attached hydrogen (secondary N) is 1. The lowest BCUT2D eigenvalue weighted by molar-refractivity contribution is 0.102. The van der Waals surface area contributed by atoms with E-state index in [1.54, 1.807) is 6.07 Å². The van der Waals surface area contributed by atoms with Gasteiger partial charge in [-0.25, -0.2) is 8.42 Å². The van der Waals surface area contributed by atoms with Gasteiger partial charge in [-0.1, -0.05) is 40.9 Å². The van der Waals surface area contributed by atoms with E-state index in [1.807, 2.05) is 0 Å². The second-order valence-electron chi connectivity index (χ2n) is 6.10. The molecule has 0 aromatic heterocycles. The molecule has 1 N–H and O–H groups in total. The molecule has 5 nitrogen and oxygen atoms in total. The van der Waals surface area contributed by atoms with Gasteiger partial charge in [0.1, 0.15) is 5.75 Å². The van der Waals surface area contributed by atoms with Crippen molar-refractivity contribution in [1.29, 1.82) is 0 Å². The van der Waals surface area contributed by atoms with E-state index in [9.17, 15) is 22.0 Å². The maximum absolute atomic E-state index is 12.8. The van der Waals surface area contributed by atoms with Crippen molar-refractivity contribution in [1.82, 2.24) is 0 Å². The van der Waals surface area contributed by atoms with Crippen molar-refractivity contribution in [2.45, 2.75) is 10.7 Å². The predicted octanol–water partition coefficient (Wildman–Crippen LogP) is 6.69. The maximum atomic E-state index is 12.8. The van der Waals surface area contributed by atoms with Crippen LogP contribution in [0.2, 0.25) is 15.1 Å². The van der Waals surface area contributed by atoms with E-state index in [0.29, 0.717) is 5.02 Å². The summed E-state index contributed by atoms with van der Waals surface area (Å²) < 4.78 is 54.7. The van der Waals surface area contributed by atoms with Gasteiger partial charge in [0.05, 0.1) is 15.6 Å². The Balaban J connectivity index is 1.91. The van der Waals surface area contributed by atoms with Crippen molar-refractivity contribution in [3.05, 3.63) is 81.3 Å². The fourth-order valence-electron chi connectivity index (χ4n) is 2.48. The zero-order valence-electron chi connectivity index (χ0n) is 15.3. The molecule has 3 aromatic carbocycles. The number of halogens is 5. The van der Waals surface area contributed by atoms with E-state index in [-0.39, 0.29) is 32.8 Å². The lowest BCUT2D eigenvalue weighted by atomic mass is 10.2. The summed E-state index contributed by atoms with van der Waals surface area (Å²) in [6, 6.07) is 13.3. The Bertz CT molecular complexity index is 1250. The van der Waals surface area contributed by atoms with Crippen LogP contribution < -0.4 is 10.1 Å². The first kappa shape index (κ1) is 23.3. The molecule has 0 spiro atoms. The Morgan fingerprint density at radius 1 is 0.903 bits per heavy atom. The quantitative estimate of drug-likeness (QED) is 0.404. The molecule has 0 bridgehead atoms. The number of carbonyl (C=O) groups excluding carboxylic acids is 1. The van der Waals surface area contributed by atoms with Crippen LogP contribution in [0.25, 0.3) is 0 Å². The van der Waals surface area contributed by atoms with Crippen LogP contribution in [0.1, 0.15) is 10.4 Å². The number of amides is 1. The lowest BCUT2D eigenvalue weighted by Crippen LogP contribution is -2.15. The first-order valence-electron chi connectivity index (χ1n) is 8.44. The van der Waals surface area contributed by atoms with E-state index in [1.165, 1.54) is 42.5 Å². The number of carbonyl (C=O) groups is 1. The van der Waals surface area contributed by atoms with Gasteiger partial charge in [-0.15, -0.1) is 0 Å². The summed E-state index contributed by atoms with van der Waals surface area (Å²) >= 11 is 18.0. The zero-order valence-corrected chi connectivity index (χ0v) is 18.4. The van der Waals surface area contributed by atoms with Crippen LogP contribution in [0, 0.1) is 0 Å². The van der Waals surface area contributed by atoms with Crippen molar-refractivity contribution in [3.8, 4) is 11.5 Å². The highest BCUT2D eigenvalue weighted by Crippen LogP contribution is 2.36. The molecule has 162 valence electrons. The fourth-order valence-corrected chi connectivity index (χ4v) is 3.86. The summed E-state index contributed by atoms with van der Waals surface area (Å²) in [6.07, 6.45) is 0. The van der Waals surface area contributed by atoms with E-state index >= 15 is 0 Å². The van der Waals surface area contributed by atoms with Crippen LogP contribution in [0.5, 0.6) is 11.5 Å². The third-order valence-corrected chi connectivity index (χ3v) is 6.11. The predicted molar refractivity (Wildman–Crippen MR) is 116 cm³/mol. The molecule has 0 saturated heterocycles. The number of ether oxygens (including phenoxy) is 1. The summed E-state index contributed by atoms with van der Waals surface area (Å²) in [5.41, 5.74) is -0.0113. The smallest absolute Gasteiger partial charge is 0.341 e. The highest BCUT2D eigenvalue weighted by molar-refractivity contribution is 7.91. The van der Waals surface area contributed by atoms with Crippen molar-refractivity contribution < 1.29 is 26.7 Å². The molecule has 0 aliphatic heterocycles. The number of hydrogen-bond donors (Lipinski definition) is 1. The molecule has 1 amide bonds. The highest BCUT2D eigenvalue weighted by Gasteiger charge is 2.27. The molecule has 3 aromatic rings. The van der Waals surface area contributed by atoms with Crippen LogP contribution in [0.4, 0.5) is 14.5 Å². The number of benzene rings is 3. The summed E-state index contributed by atoms with van der Waals surface area (Å²) in [7, 11) is -4.85. The zero-order chi connectivity index (χ0) is 22.8. The largest absolute Gasteiger partial charge is 0.454 e. The first-order chi connectivity index (χ1) is 14.6. The van der Waals surface area contributed by atoms with Gasteiger partial charge in [0.15, 0.2) is 5.75 Å². The number of rotatable bonds is 6. The third kappa shape index (κ3) is 5.46. The average molecular weight is 507 g/mol. The number of sulfone groups is 1. The van der Waals surface area contributed by atoms with E-state index in [4.69, 9.17) is 39.5 Å². The summed E-state index contributed by atoms with van der Waals surface area (Å²) in [4.78, 5) is 12.0. The van der Waals surface area contributed by atoms with Gasteiger partial charge in [0.2, 0.25) is 9.84 Å². The SMILES string of the molecule is O=C(Nc1cc(Cl)ccc1Oc1ccc(Cl)cc1Cl)c1cccc(S(=O)(=O)C(F)F)c1. The fraction of sp³-hybridized carbons (Fsp3) is 0.0500. The molecule has 0 atom stereocenters. The van der Waals surface area contributed by atoms with Crippen LogP contribution in [0.3, 0.4) is 0 Å². The Morgan fingerprint density at radius 3 is 2.19 bits per heavy atom. The topological polar surface area (TPSA) is 72.5 Å². The van der Waals surface area contributed by atoms with Crippen LogP contribution in [-0.4, -0.2) is 20.1 Å². The first-order valence-corrected chi connectivity index (χ1v) is 11.1. The number of hydrogen-bond acceptors (Lipinski definition) is 4. The minimum atomic E-state index is -4.85. The normalized spacial score (nSPS) is 11.4. The summed E-state index contributed by atoms with van der Waals surface area (Å²) in [6.45, 7) is 0. The molecular weight excluding hydrogens is 495 g/mol. The Labute approximate surface area is 191 Å².